The zero-order chi connectivity index (χ0) is 34.8. The number of hydrogen-bond acceptors (Lipinski definition) is 7. The number of hydrogen-bond donors (Lipinski definition) is 2. The van der Waals surface area contributed by atoms with Gasteiger partial charge in [-0.3, -0.25) is 23.9 Å². The number of nitrogens with zero attached hydrogens (tertiary/aromatic N) is 4. The predicted molar refractivity (Wildman–Crippen MR) is 188 cm³/mol. The maximum Gasteiger partial charge on any atom is 0.330 e. The summed E-state index contributed by atoms with van der Waals surface area (Å²) in [7, 11) is 0. The molecule has 0 spiro atoms. The van der Waals surface area contributed by atoms with Crippen molar-refractivity contribution in [3.05, 3.63) is 116 Å². The summed E-state index contributed by atoms with van der Waals surface area (Å²) in [5.41, 5.74) is 8.11. The van der Waals surface area contributed by atoms with Gasteiger partial charge in [0, 0.05) is 42.5 Å². The van der Waals surface area contributed by atoms with Gasteiger partial charge < -0.3 is 14.8 Å². The number of aromatic nitrogens is 2. The number of aryl methyl sites for hydroxylation is 1. The molecule has 1 saturated heterocycles. The van der Waals surface area contributed by atoms with Gasteiger partial charge in [0.15, 0.2) is 0 Å². The lowest BCUT2D eigenvalue weighted by Gasteiger charge is -2.17. The Kier molecular flexibility index (Phi) is 20.2. The Morgan fingerprint density at radius 1 is 0.979 bits per heavy atom. The first kappa shape index (κ1) is 39.5. The van der Waals surface area contributed by atoms with Gasteiger partial charge in [-0.1, -0.05) is 85.0 Å². The Morgan fingerprint density at radius 3 is 2.15 bits per heavy atom. The fraction of sp³-hybridized carbons (Fsp3) is 0.500. The highest BCUT2D eigenvalue weighted by molar-refractivity contribution is 5.76. The third-order valence-corrected chi connectivity index (χ3v) is 7.28. The molecule has 2 heterocycles. The average molecular weight is 663 g/mol. The number of allylic oxidation sites excluding steroid dienone is 12. The van der Waals surface area contributed by atoms with Gasteiger partial charge in [-0.2, -0.15) is 0 Å². The average Bonchev–Trinajstić information content (AvgIpc) is 3.47. The number of carbonyl (C=O) groups is 2. The van der Waals surface area contributed by atoms with E-state index in [0.717, 1.165) is 38.5 Å². The molecule has 1 amide bonds. The summed E-state index contributed by atoms with van der Waals surface area (Å²) in [4.78, 5) is 53.2. The van der Waals surface area contributed by atoms with E-state index in [4.69, 9.17) is 15.0 Å². The molecular weight excluding hydrogens is 612 g/mol. The summed E-state index contributed by atoms with van der Waals surface area (Å²) in [6, 6.07) is -0.660. The van der Waals surface area contributed by atoms with Crippen LogP contribution in [0.2, 0.25) is 0 Å². The van der Waals surface area contributed by atoms with Crippen molar-refractivity contribution in [2.45, 2.75) is 103 Å². The lowest BCUT2D eigenvalue weighted by atomic mass is 10.1. The quantitative estimate of drug-likeness (QED) is 0.0348. The highest BCUT2D eigenvalue weighted by Crippen LogP contribution is 2.30. The predicted octanol–water partition coefficient (Wildman–Crippen LogP) is 6.73. The van der Waals surface area contributed by atoms with Crippen LogP contribution < -0.4 is 16.6 Å². The van der Waals surface area contributed by atoms with Gasteiger partial charge in [0.1, 0.15) is 18.9 Å². The third-order valence-electron chi connectivity index (χ3n) is 7.28. The summed E-state index contributed by atoms with van der Waals surface area (Å²) in [5.74, 6) is -0.566. The summed E-state index contributed by atoms with van der Waals surface area (Å²) in [6.07, 6.45) is 32.9. The maximum absolute atomic E-state index is 12.2. The first-order chi connectivity index (χ1) is 23.3. The number of azide groups is 1. The molecule has 1 aromatic rings. The molecule has 1 unspecified atom stereocenters. The fourth-order valence-corrected chi connectivity index (χ4v) is 4.67. The minimum absolute atomic E-state index is 0.0850. The molecule has 0 radical (unpaired) electrons. The van der Waals surface area contributed by atoms with Crippen LogP contribution in [0.3, 0.4) is 0 Å². The van der Waals surface area contributed by atoms with Crippen LogP contribution in [0.15, 0.2) is 93.8 Å². The van der Waals surface area contributed by atoms with Crippen molar-refractivity contribution < 1.29 is 19.1 Å². The molecule has 1 aliphatic heterocycles. The van der Waals surface area contributed by atoms with Crippen LogP contribution in [0.4, 0.5) is 0 Å². The minimum Gasteiger partial charge on any atom is -0.463 e. The summed E-state index contributed by atoms with van der Waals surface area (Å²) in [6.45, 7) is 3.88. The molecule has 2 rings (SSSR count). The highest BCUT2D eigenvalue weighted by Gasteiger charge is 2.37. The fourth-order valence-electron chi connectivity index (χ4n) is 4.67. The molecule has 0 saturated carbocycles. The van der Waals surface area contributed by atoms with E-state index >= 15 is 0 Å². The number of esters is 1. The minimum atomic E-state index is -0.782. The Bertz CT molecular complexity index is 1480. The third kappa shape index (κ3) is 16.8. The second-order valence-electron chi connectivity index (χ2n) is 11.2. The van der Waals surface area contributed by atoms with E-state index in [9.17, 15) is 19.2 Å². The number of ether oxygens (including phenoxy) is 2. The molecular formula is C36H50N6O6. The second kappa shape index (κ2) is 24.5. The summed E-state index contributed by atoms with van der Waals surface area (Å²) < 4.78 is 12.4. The molecule has 0 bridgehead atoms. The molecule has 3 atom stereocenters. The number of rotatable bonds is 22. The molecule has 260 valence electrons. The molecule has 48 heavy (non-hydrogen) atoms. The molecule has 1 fully saturated rings. The largest absolute Gasteiger partial charge is 0.463 e. The zero-order valence-corrected chi connectivity index (χ0v) is 28.2. The van der Waals surface area contributed by atoms with E-state index in [2.05, 4.69) is 88.0 Å². The topological polar surface area (TPSA) is 168 Å². The van der Waals surface area contributed by atoms with Crippen molar-refractivity contribution in [3.63, 3.8) is 0 Å². The van der Waals surface area contributed by atoms with E-state index in [1.54, 1.807) is 6.92 Å². The molecule has 12 heteroatoms. The van der Waals surface area contributed by atoms with Crippen LogP contribution in [0.1, 0.15) is 89.3 Å². The van der Waals surface area contributed by atoms with E-state index < -0.39 is 35.6 Å². The monoisotopic (exact) mass is 662 g/mol. The Hall–Kier alpha value is -4.67. The first-order valence-corrected chi connectivity index (χ1v) is 16.7. The maximum atomic E-state index is 12.2. The van der Waals surface area contributed by atoms with Crippen LogP contribution in [-0.4, -0.2) is 46.7 Å². The van der Waals surface area contributed by atoms with Crippen LogP contribution in [-0.2, 0) is 19.1 Å². The van der Waals surface area contributed by atoms with Crippen LogP contribution in [0.5, 0.6) is 0 Å². The van der Waals surface area contributed by atoms with Gasteiger partial charge in [-0.15, -0.1) is 0 Å². The summed E-state index contributed by atoms with van der Waals surface area (Å²) in [5, 5.41) is 6.52. The number of carbonyl (C=O) groups excluding carboxylic acids is 2. The molecule has 0 aliphatic carbocycles. The molecule has 1 aliphatic rings. The second-order valence-corrected chi connectivity index (χ2v) is 11.2. The van der Waals surface area contributed by atoms with E-state index in [1.807, 2.05) is 12.2 Å². The van der Waals surface area contributed by atoms with Crippen molar-refractivity contribution in [3.8, 4) is 0 Å². The van der Waals surface area contributed by atoms with Gasteiger partial charge in [-0.25, -0.2) is 4.79 Å². The molecule has 2 N–H and O–H groups in total. The van der Waals surface area contributed by atoms with Crippen LogP contribution >= 0.6 is 0 Å². The van der Waals surface area contributed by atoms with Gasteiger partial charge in [0.25, 0.3) is 5.56 Å². The lowest BCUT2D eigenvalue weighted by molar-refractivity contribution is -0.148. The van der Waals surface area contributed by atoms with E-state index in [0.29, 0.717) is 31.4 Å². The normalized spacial score (nSPS) is 18.2. The number of nitrogens with one attached hydrogen (secondary N) is 2. The zero-order valence-electron chi connectivity index (χ0n) is 28.2. The molecule has 0 aromatic carbocycles. The van der Waals surface area contributed by atoms with Gasteiger partial charge in [-0.05, 0) is 63.8 Å². The number of amides is 1. The van der Waals surface area contributed by atoms with Gasteiger partial charge >= 0.3 is 11.7 Å². The van der Waals surface area contributed by atoms with Crippen molar-refractivity contribution in [2.75, 3.05) is 13.2 Å². The van der Waals surface area contributed by atoms with Crippen molar-refractivity contribution in [1.82, 2.24) is 14.9 Å². The van der Waals surface area contributed by atoms with Gasteiger partial charge in [0.05, 0.1) is 6.04 Å². The smallest absolute Gasteiger partial charge is 0.330 e. The van der Waals surface area contributed by atoms with Crippen molar-refractivity contribution in [2.24, 2.45) is 5.11 Å². The van der Waals surface area contributed by atoms with E-state index in [1.165, 1.54) is 10.8 Å². The standard InChI is InChI=1S/C36H50N6O6/c1-3-4-5-6-7-8-9-10-11-12-13-14-15-16-17-18-19-20-21-23-32(43)38-25-22-24-34(44)47-28-31-30(40-41-37)26-33(48-31)42-27-29(2)35(45)39-36(42)46/h4-5,7-8,10-11,13-14,16-17,19-20,27,30-31,33H,3,6,9,12,15,18,21-26,28H2,1-2H3,(H,38,43)(H,39,45,46)/b5-4-,8-7-,11-10-,14-13-,17-16-,20-19-/t30-,31+,33?/m0/s1. The Labute approximate surface area is 282 Å². The van der Waals surface area contributed by atoms with E-state index in [-0.39, 0.29) is 25.4 Å². The number of aromatic amines is 1. The summed E-state index contributed by atoms with van der Waals surface area (Å²) >= 11 is 0. The van der Waals surface area contributed by atoms with Crippen molar-refractivity contribution in [1.29, 1.82) is 0 Å². The molecule has 1 aromatic heterocycles. The first-order valence-electron chi connectivity index (χ1n) is 16.7. The Balaban J connectivity index is 1.52. The highest BCUT2D eigenvalue weighted by atomic mass is 16.6. The van der Waals surface area contributed by atoms with Gasteiger partial charge in [0.2, 0.25) is 5.91 Å². The SMILES string of the molecule is CC/C=C\C/C=C\C/C=C\C/C=C\C/C=C\C/C=C\CCC(=O)NCCCC(=O)OC[C@H]1OC(n2cc(C)c(=O)[nH]c2=O)C[C@@H]1N=[N+]=[N-]. The molecule has 12 nitrogen and oxygen atoms in total. The lowest BCUT2D eigenvalue weighted by Crippen LogP contribution is -2.33. The van der Waals surface area contributed by atoms with Crippen LogP contribution in [0, 0.1) is 6.92 Å². The number of H-pyrrole nitrogens is 1. The van der Waals surface area contributed by atoms with Crippen molar-refractivity contribution >= 4 is 11.9 Å². The van der Waals surface area contributed by atoms with Crippen LogP contribution in [0.25, 0.3) is 10.4 Å². The Morgan fingerprint density at radius 2 is 1.56 bits per heavy atom.